The summed E-state index contributed by atoms with van der Waals surface area (Å²) in [5.74, 6) is -0.00863. The number of aromatic amines is 1. The maximum atomic E-state index is 12.0. The molecule has 0 saturated heterocycles. The second kappa shape index (κ2) is 7.44. The zero-order chi connectivity index (χ0) is 16.8. The van der Waals surface area contributed by atoms with E-state index in [0.717, 1.165) is 22.6 Å². The average molecular weight is 317 g/mol. The van der Waals surface area contributed by atoms with Gasteiger partial charge < -0.3 is 14.8 Å². The third-order valence-electron chi connectivity index (χ3n) is 3.43. The molecule has 0 bridgehead atoms. The molecule has 0 saturated carbocycles. The van der Waals surface area contributed by atoms with Crippen LogP contribution in [0.2, 0.25) is 0 Å². The van der Waals surface area contributed by atoms with Gasteiger partial charge in [-0.25, -0.2) is 0 Å². The van der Waals surface area contributed by atoms with Crippen molar-refractivity contribution >= 4 is 11.9 Å². The van der Waals surface area contributed by atoms with E-state index in [-0.39, 0.29) is 18.9 Å². The molecule has 0 radical (unpaired) electrons. The Labute approximate surface area is 134 Å². The van der Waals surface area contributed by atoms with E-state index >= 15 is 0 Å². The number of hydrogen-bond acceptors (Lipinski definition) is 5. The molecule has 0 aliphatic heterocycles. The number of nitrogens with one attached hydrogen (secondary N) is 2. The van der Waals surface area contributed by atoms with Crippen LogP contribution in [-0.4, -0.2) is 42.8 Å². The van der Waals surface area contributed by atoms with E-state index in [1.165, 1.54) is 7.11 Å². The molecule has 7 heteroatoms. The molecule has 2 N–H and O–H groups in total. The number of methoxy groups -OCH3 is 2. The van der Waals surface area contributed by atoms with Crippen molar-refractivity contribution in [1.29, 1.82) is 0 Å². The van der Waals surface area contributed by atoms with Gasteiger partial charge in [0.15, 0.2) is 0 Å². The smallest absolute Gasteiger partial charge is 0.325 e. The van der Waals surface area contributed by atoms with Gasteiger partial charge in [0, 0.05) is 16.8 Å². The third-order valence-corrected chi connectivity index (χ3v) is 3.43. The lowest BCUT2D eigenvalue weighted by Gasteiger charge is -2.06. The quantitative estimate of drug-likeness (QED) is 0.782. The molecule has 7 nitrogen and oxygen atoms in total. The Balaban J connectivity index is 2.14. The molecule has 0 aliphatic rings. The molecule has 2 aromatic rings. The summed E-state index contributed by atoms with van der Waals surface area (Å²) in [4.78, 5) is 23.1. The molecular weight excluding hydrogens is 298 g/mol. The van der Waals surface area contributed by atoms with E-state index in [9.17, 15) is 9.59 Å². The van der Waals surface area contributed by atoms with Crippen molar-refractivity contribution in [1.82, 2.24) is 15.5 Å². The van der Waals surface area contributed by atoms with Gasteiger partial charge in [-0.2, -0.15) is 5.10 Å². The highest BCUT2D eigenvalue weighted by atomic mass is 16.5. The molecule has 1 aromatic carbocycles. The highest BCUT2D eigenvalue weighted by molar-refractivity contribution is 5.85. The van der Waals surface area contributed by atoms with Gasteiger partial charge in [0.2, 0.25) is 5.91 Å². The number of carbonyl (C=O) groups is 2. The number of benzene rings is 1. The lowest BCUT2D eigenvalue weighted by molar-refractivity contribution is -0.141. The summed E-state index contributed by atoms with van der Waals surface area (Å²) in [5.41, 5.74) is 3.19. The first kappa shape index (κ1) is 16.5. The van der Waals surface area contributed by atoms with Crippen LogP contribution in [0.1, 0.15) is 11.3 Å². The molecule has 0 atom stereocenters. The first-order valence-electron chi connectivity index (χ1n) is 7.07. The maximum absolute atomic E-state index is 12.0. The van der Waals surface area contributed by atoms with Crippen LogP contribution < -0.4 is 10.1 Å². The summed E-state index contributed by atoms with van der Waals surface area (Å²) >= 11 is 0. The molecule has 1 heterocycles. The van der Waals surface area contributed by atoms with Crippen LogP contribution in [0.25, 0.3) is 11.3 Å². The first-order chi connectivity index (χ1) is 11.0. The van der Waals surface area contributed by atoms with Crippen LogP contribution in [0.4, 0.5) is 0 Å². The number of nitrogens with zero attached hydrogens (tertiary/aromatic N) is 1. The number of aromatic nitrogens is 2. The number of esters is 1. The fourth-order valence-electron chi connectivity index (χ4n) is 2.12. The minimum Gasteiger partial charge on any atom is -0.497 e. The number of carbonyl (C=O) groups excluding carboxylic acids is 2. The zero-order valence-corrected chi connectivity index (χ0v) is 13.3. The topological polar surface area (TPSA) is 93.3 Å². The summed E-state index contributed by atoms with van der Waals surface area (Å²) in [6, 6.07) is 7.43. The largest absolute Gasteiger partial charge is 0.497 e. The van der Waals surface area contributed by atoms with Crippen molar-refractivity contribution in [3.63, 3.8) is 0 Å². The fraction of sp³-hybridized carbons (Fsp3) is 0.312. The van der Waals surface area contributed by atoms with Crippen LogP contribution in [0.15, 0.2) is 24.3 Å². The number of rotatable bonds is 6. The van der Waals surface area contributed by atoms with Gasteiger partial charge in [0.25, 0.3) is 0 Å². The molecule has 122 valence electrons. The standard InChI is InChI=1S/C16H19N3O4/c1-10-13(8-14(20)17-9-15(21)23-3)16(19-18-10)11-4-6-12(22-2)7-5-11/h4-7H,8-9H2,1-3H3,(H,17,20)(H,18,19). The highest BCUT2D eigenvalue weighted by Crippen LogP contribution is 2.26. The van der Waals surface area contributed by atoms with E-state index in [1.54, 1.807) is 7.11 Å². The Bertz CT molecular complexity index is 692. The third kappa shape index (κ3) is 4.09. The summed E-state index contributed by atoms with van der Waals surface area (Å²) < 4.78 is 9.62. The molecule has 0 unspecified atom stereocenters. The van der Waals surface area contributed by atoms with Crippen molar-refractivity contribution in [2.75, 3.05) is 20.8 Å². The minimum absolute atomic E-state index is 0.126. The molecule has 0 fully saturated rings. The number of hydrogen-bond donors (Lipinski definition) is 2. The van der Waals surface area contributed by atoms with Crippen molar-refractivity contribution in [3.8, 4) is 17.0 Å². The van der Waals surface area contributed by atoms with Crippen LogP contribution in [0.3, 0.4) is 0 Å². The highest BCUT2D eigenvalue weighted by Gasteiger charge is 2.16. The first-order valence-corrected chi connectivity index (χ1v) is 7.07. The van der Waals surface area contributed by atoms with Gasteiger partial charge in [-0.05, 0) is 31.2 Å². The Morgan fingerprint density at radius 2 is 1.91 bits per heavy atom. The van der Waals surface area contributed by atoms with Gasteiger partial charge >= 0.3 is 5.97 Å². The molecule has 1 amide bonds. The summed E-state index contributed by atoms with van der Waals surface area (Å²) in [6.07, 6.45) is 0.126. The van der Waals surface area contributed by atoms with Gasteiger partial charge in [-0.1, -0.05) is 0 Å². The minimum atomic E-state index is -0.488. The Kier molecular flexibility index (Phi) is 5.35. The summed E-state index contributed by atoms with van der Waals surface area (Å²) in [7, 11) is 2.88. The van der Waals surface area contributed by atoms with Gasteiger partial charge in [-0.3, -0.25) is 14.7 Å². The number of ether oxygens (including phenoxy) is 2. The monoisotopic (exact) mass is 317 g/mol. The molecule has 2 rings (SSSR count). The van der Waals surface area contributed by atoms with E-state index < -0.39 is 5.97 Å². The second-order valence-electron chi connectivity index (χ2n) is 4.93. The van der Waals surface area contributed by atoms with Crippen LogP contribution >= 0.6 is 0 Å². The molecule has 23 heavy (non-hydrogen) atoms. The molecule has 0 spiro atoms. The van der Waals surface area contributed by atoms with E-state index in [2.05, 4.69) is 20.3 Å². The predicted molar refractivity (Wildman–Crippen MR) is 84.0 cm³/mol. The van der Waals surface area contributed by atoms with Gasteiger partial charge in [0.05, 0.1) is 26.3 Å². The SMILES string of the molecule is COC(=O)CNC(=O)Cc1c(-c2ccc(OC)cc2)n[nH]c1C. The summed E-state index contributed by atoms with van der Waals surface area (Å²) in [5, 5.41) is 9.68. The van der Waals surface area contributed by atoms with Gasteiger partial charge in [0.1, 0.15) is 12.3 Å². The number of aryl methyl sites for hydroxylation is 1. The fourth-order valence-corrected chi connectivity index (χ4v) is 2.12. The normalized spacial score (nSPS) is 10.2. The van der Waals surface area contributed by atoms with Crippen molar-refractivity contribution < 1.29 is 19.1 Å². The molecule has 0 aliphatic carbocycles. The molecule has 1 aromatic heterocycles. The van der Waals surface area contributed by atoms with Crippen LogP contribution in [0, 0.1) is 6.92 Å². The average Bonchev–Trinajstić information content (AvgIpc) is 2.93. The Hall–Kier alpha value is -2.83. The second-order valence-corrected chi connectivity index (χ2v) is 4.93. The predicted octanol–water partition coefficient (Wildman–Crippen LogP) is 1.23. The van der Waals surface area contributed by atoms with E-state index in [1.807, 2.05) is 31.2 Å². The number of H-pyrrole nitrogens is 1. The zero-order valence-electron chi connectivity index (χ0n) is 13.3. The van der Waals surface area contributed by atoms with Gasteiger partial charge in [-0.15, -0.1) is 0 Å². The van der Waals surface area contributed by atoms with Crippen LogP contribution in [-0.2, 0) is 20.7 Å². The lowest BCUT2D eigenvalue weighted by Crippen LogP contribution is -2.31. The van der Waals surface area contributed by atoms with E-state index in [0.29, 0.717) is 5.69 Å². The van der Waals surface area contributed by atoms with Crippen LogP contribution in [0.5, 0.6) is 5.75 Å². The van der Waals surface area contributed by atoms with Crippen molar-refractivity contribution in [2.45, 2.75) is 13.3 Å². The van der Waals surface area contributed by atoms with E-state index in [4.69, 9.17) is 4.74 Å². The van der Waals surface area contributed by atoms with Crippen molar-refractivity contribution in [3.05, 3.63) is 35.5 Å². The number of amides is 1. The maximum Gasteiger partial charge on any atom is 0.325 e. The molecular formula is C16H19N3O4. The van der Waals surface area contributed by atoms with Crippen molar-refractivity contribution in [2.24, 2.45) is 0 Å². The summed E-state index contributed by atoms with van der Waals surface area (Å²) in [6.45, 7) is 1.70. The lowest BCUT2D eigenvalue weighted by atomic mass is 10.0. The Morgan fingerprint density at radius 3 is 2.52 bits per heavy atom. The Morgan fingerprint density at radius 1 is 1.22 bits per heavy atom.